The van der Waals surface area contributed by atoms with Crippen molar-refractivity contribution in [1.29, 1.82) is 0 Å². The number of nitrogens with zero attached hydrogens (tertiary/aromatic N) is 1. The number of halogens is 1. The van der Waals surface area contributed by atoms with E-state index in [-0.39, 0.29) is 0 Å². The van der Waals surface area contributed by atoms with Gasteiger partial charge in [-0.25, -0.2) is 0 Å². The summed E-state index contributed by atoms with van der Waals surface area (Å²) in [4.78, 5) is 9.95. The number of nitro groups is 1. The molecule has 0 bridgehead atoms. The first-order valence-electron chi connectivity index (χ1n) is 6.49. The zero-order valence-electron chi connectivity index (χ0n) is 11.5. The van der Waals surface area contributed by atoms with Crippen LogP contribution in [0.15, 0.2) is 42.5 Å². The Labute approximate surface area is 121 Å². The summed E-state index contributed by atoms with van der Waals surface area (Å²) >= 11 is 0. The third-order valence-electron chi connectivity index (χ3n) is 2.85. The Morgan fingerprint density at radius 2 is 2.10 bits per heavy atom. The first-order valence-corrected chi connectivity index (χ1v) is 6.49. The third kappa shape index (κ3) is 3.92. The van der Waals surface area contributed by atoms with E-state index in [9.17, 15) is 14.5 Å². The molecule has 5 nitrogen and oxygen atoms in total. The minimum absolute atomic E-state index is 0.462. The van der Waals surface area contributed by atoms with E-state index in [0.29, 0.717) is 18.8 Å². The lowest BCUT2D eigenvalue weighted by atomic mass is 10.2. The Morgan fingerprint density at radius 3 is 2.81 bits per heavy atom. The van der Waals surface area contributed by atoms with Gasteiger partial charge in [0.05, 0.1) is 11.5 Å². The predicted octanol–water partition coefficient (Wildman–Crippen LogP) is 3.74. The molecule has 0 aromatic heterocycles. The van der Waals surface area contributed by atoms with Crippen LogP contribution >= 0.6 is 0 Å². The van der Waals surface area contributed by atoms with E-state index in [1.165, 1.54) is 12.1 Å². The van der Waals surface area contributed by atoms with E-state index in [0.717, 1.165) is 17.4 Å². The van der Waals surface area contributed by atoms with Gasteiger partial charge in [-0.15, -0.1) is 0 Å². The number of benzene rings is 2. The highest BCUT2D eigenvalue weighted by atomic mass is 19.1. The number of hydrogen-bond acceptors (Lipinski definition) is 4. The van der Waals surface area contributed by atoms with Gasteiger partial charge >= 0.3 is 5.69 Å². The number of ether oxygens (including phenoxy) is 1. The fourth-order valence-electron chi connectivity index (χ4n) is 1.88. The molecule has 0 aliphatic heterocycles. The molecule has 6 heteroatoms. The van der Waals surface area contributed by atoms with Gasteiger partial charge in [-0.3, -0.25) is 10.1 Å². The molecule has 110 valence electrons. The highest BCUT2D eigenvalue weighted by Crippen LogP contribution is 2.22. The zero-order valence-corrected chi connectivity index (χ0v) is 11.5. The Morgan fingerprint density at radius 1 is 1.29 bits per heavy atom. The van der Waals surface area contributed by atoms with Crippen LogP contribution in [0, 0.1) is 15.9 Å². The second-order valence-electron chi connectivity index (χ2n) is 4.36. The number of nitrogens with one attached hydrogen (secondary N) is 1. The fraction of sp³-hybridized carbons (Fsp3) is 0.200. The molecule has 0 aliphatic carbocycles. The molecule has 0 saturated carbocycles. The van der Waals surface area contributed by atoms with Gasteiger partial charge in [0.2, 0.25) is 5.82 Å². The van der Waals surface area contributed by atoms with Crippen LogP contribution in [0.3, 0.4) is 0 Å². The van der Waals surface area contributed by atoms with Crippen molar-refractivity contribution in [1.82, 2.24) is 0 Å². The van der Waals surface area contributed by atoms with Crippen molar-refractivity contribution in [2.75, 3.05) is 11.9 Å². The van der Waals surface area contributed by atoms with Gasteiger partial charge in [-0.05, 0) is 36.8 Å². The summed E-state index contributed by atoms with van der Waals surface area (Å²) in [6.45, 7) is 2.95. The lowest BCUT2D eigenvalue weighted by Crippen LogP contribution is -2.01. The highest BCUT2D eigenvalue weighted by molar-refractivity contribution is 5.52. The molecular weight excluding hydrogens is 275 g/mol. The summed E-state index contributed by atoms with van der Waals surface area (Å²) in [6, 6.07) is 11.3. The number of nitro benzene ring substituents is 1. The minimum atomic E-state index is -0.844. The molecule has 0 aliphatic rings. The summed E-state index contributed by atoms with van der Waals surface area (Å²) in [5.41, 5.74) is 0.918. The SMILES string of the molecule is CCOc1cccc(CNc2ccc(F)c([N+](=O)[O-])c2)c1. The second kappa shape index (κ2) is 6.69. The maximum atomic E-state index is 13.2. The van der Waals surface area contributed by atoms with Gasteiger partial charge in [0.1, 0.15) is 5.75 Å². The van der Waals surface area contributed by atoms with Gasteiger partial charge in [0.15, 0.2) is 0 Å². The Balaban J connectivity index is 2.07. The van der Waals surface area contributed by atoms with Gasteiger partial charge in [0.25, 0.3) is 0 Å². The molecule has 1 N–H and O–H groups in total. The van der Waals surface area contributed by atoms with Crippen molar-refractivity contribution in [3.05, 3.63) is 64.0 Å². The van der Waals surface area contributed by atoms with Crippen LogP contribution in [0.25, 0.3) is 0 Å². The molecule has 0 radical (unpaired) electrons. The summed E-state index contributed by atoms with van der Waals surface area (Å²) in [7, 11) is 0. The van der Waals surface area contributed by atoms with E-state index in [1.807, 2.05) is 31.2 Å². The maximum absolute atomic E-state index is 13.2. The average molecular weight is 290 g/mol. The topological polar surface area (TPSA) is 64.4 Å². The minimum Gasteiger partial charge on any atom is -0.494 e. The van der Waals surface area contributed by atoms with E-state index < -0.39 is 16.4 Å². The van der Waals surface area contributed by atoms with Crippen molar-refractivity contribution >= 4 is 11.4 Å². The summed E-state index contributed by atoms with van der Waals surface area (Å²) in [5, 5.41) is 13.7. The molecule has 0 amide bonds. The fourth-order valence-corrected chi connectivity index (χ4v) is 1.88. The van der Waals surface area contributed by atoms with Crippen molar-refractivity contribution < 1.29 is 14.1 Å². The van der Waals surface area contributed by atoms with Crippen molar-refractivity contribution in [3.63, 3.8) is 0 Å². The second-order valence-corrected chi connectivity index (χ2v) is 4.36. The van der Waals surface area contributed by atoms with Crippen LogP contribution in [0.2, 0.25) is 0 Å². The lowest BCUT2D eigenvalue weighted by Gasteiger charge is -2.09. The quantitative estimate of drug-likeness (QED) is 0.650. The van der Waals surface area contributed by atoms with Gasteiger partial charge < -0.3 is 10.1 Å². The molecule has 0 saturated heterocycles. The molecule has 2 aromatic rings. The molecule has 0 atom stereocenters. The van der Waals surface area contributed by atoms with Crippen molar-refractivity contribution in [3.8, 4) is 5.75 Å². The average Bonchev–Trinajstić information content (AvgIpc) is 2.47. The van der Waals surface area contributed by atoms with Crippen LogP contribution < -0.4 is 10.1 Å². The summed E-state index contributed by atoms with van der Waals surface area (Å²) in [6.07, 6.45) is 0. The molecule has 0 heterocycles. The smallest absolute Gasteiger partial charge is 0.306 e. The molecular formula is C15H15FN2O3. The standard InChI is InChI=1S/C15H15FN2O3/c1-2-21-13-5-3-4-11(8-13)10-17-12-6-7-14(16)15(9-12)18(19)20/h3-9,17H,2,10H2,1H3. The highest BCUT2D eigenvalue weighted by Gasteiger charge is 2.14. The van der Waals surface area contributed by atoms with Gasteiger partial charge in [-0.1, -0.05) is 12.1 Å². The van der Waals surface area contributed by atoms with E-state index in [2.05, 4.69) is 5.32 Å². The number of anilines is 1. The summed E-state index contributed by atoms with van der Waals surface area (Å²) in [5.74, 6) is -0.0780. The van der Waals surface area contributed by atoms with Crippen LogP contribution in [-0.4, -0.2) is 11.5 Å². The van der Waals surface area contributed by atoms with Crippen molar-refractivity contribution in [2.45, 2.75) is 13.5 Å². The van der Waals surface area contributed by atoms with E-state index in [4.69, 9.17) is 4.74 Å². The molecule has 0 spiro atoms. The van der Waals surface area contributed by atoms with E-state index >= 15 is 0 Å². The Bertz CT molecular complexity index is 647. The zero-order chi connectivity index (χ0) is 15.2. The lowest BCUT2D eigenvalue weighted by molar-refractivity contribution is -0.387. The van der Waals surface area contributed by atoms with Crippen molar-refractivity contribution in [2.24, 2.45) is 0 Å². The van der Waals surface area contributed by atoms with Crippen LogP contribution in [0.4, 0.5) is 15.8 Å². The molecule has 2 aromatic carbocycles. The predicted molar refractivity (Wildman–Crippen MR) is 78.0 cm³/mol. The summed E-state index contributed by atoms with van der Waals surface area (Å²) < 4.78 is 18.6. The third-order valence-corrected chi connectivity index (χ3v) is 2.85. The first-order chi connectivity index (χ1) is 10.1. The van der Waals surface area contributed by atoms with Crippen LogP contribution in [-0.2, 0) is 6.54 Å². The molecule has 0 fully saturated rings. The molecule has 21 heavy (non-hydrogen) atoms. The first kappa shape index (κ1) is 14.8. The van der Waals surface area contributed by atoms with Crippen LogP contribution in [0.1, 0.15) is 12.5 Å². The van der Waals surface area contributed by atoms with E-state index in [1.54, 1.807) is 0 Å². The largest absolute Gasteiger partial charge is 0.494 e. The molecule has 0 unspecified atom stereocenters. The maximum Gasteiger partial charge on any atom is 0.306 e. The van der Waals surface area contributed by atoms with Gasteiger partial charge in [0, 0.05) is 18.3 Å². The monoisotopic (exact) mass is 290 g/mol. The number of rotatable bonds is 6. The normalized spacial score (nSPS) is 10.2. The van der Waals surface area contributed by atoms with Gasteiger partial charge in [-0.2, -0.15) is 4.39 Å². The Kier molecular flexibility index (Phi) is 4.71. The van der Waals surface area contributed by atoms with Crippen LogP contribution in [0.5, 0.6) is 5.75 Å². The number of hydrogen-bond donors (Lipinski definition) is 1. The Hall–Kier alpha value is -2.63. The molecule has 2 rings (SSSR count).